The standard InChI is InChI=1S/C20H34O2/c1-6-8-11-16-12-10-13-17-18(16)15(3)20(21,14-9-7-2)19(4,5)22-17/h10,13,15-16,21H,6-9,11-12,14H2,1-5H3/t15-,16?,20+/m0/s1. The molecule has 1 heterocycles. The Labute approximate surface area is 136 Å². The van der Waals surface area contributed by atoms with Crippen molar-refractivity contribution in [2.75, 3.05) is 0 Å². The molecule has 0 radical (unpaired) electrons. The van der Waals surface area contributed by atoms with E-state index in [4.69, 9.17) is 4.74 Å². The summed E-state index contributed by atoms with van der Waals surface area (Å²) in [6.45, 7) is 10.7. The Morgan fingerprint density at radius 3 is 2.55 bits per heavy atom. The number of unbranched alkanes of at least 4 members (excludes halogenated alkanes) is 2. The number of ether oxygens (including phenoxy) is 1. The van der Waals surface area contributed by atoms with Crippen LogP contribution in [0.3, 0.4) is 0 Å². The molecule has 1 aliphatic heterocycles. The smallest absolute Gasteiger partial charge is 0.132 e. The molecule has 0 amide bonds. The van der Waals surface area contributed by atoms with E-state index in [0.717, 1.165) is 31.4 Å². The molecule has 2 nitrogen and oxygen atoms in total. The SMILES string of the molecule is CCCCC1CC=CC2=C1[C@H](C)[C@](O)(CCCC)C(C)(C)O2. The predicted molar refractivity (Wildman–Crippen MR) is 92.6 cm³/mol. The van der Waals surface area contributed by atoms with E-state index in [9.17, 15) is 5.11 Å². The van der Waals surface area contributed by atoms with Crippen LogP contribution >= 0.6 is 0 Å². The average molecular weight is 306 g/mol. The van der Waals surface area contributed by atoms with Gasteiger partial charge in [-0.15, -0.1) is 0 Å². The first kappa shape index (κ1) is 17.6. The molecule has 3 atom stereocenters. The fourth-order valence-electron chi connectivity index (χ4n) is 4.25. The molecule has 0 aromatic heterocycles. The van der Waals surface area contributed by atoms with Crippen molar-refractivity contribution in [1.29, 1.82) is 0 Å². The summed E-state index contributed by atoms with van der Waals surface area (Å²) >= 11 is 0. The predicted octanol–water partition coefficient (Wildman–Crippen LogP) is 5.37. The van der Waals surface area contributed by atoms with E-state index in [1.54, 1.807) is 0 Å². The molecule has 1 N–H and O–H groups in total. The van der Waals surface area contributed by atoms with Crippen LogP contribution in [0.1, 0.15) is 79.6 Å². The van der Waals surface area contributed by atoms with Crippen LogP contribution in [0.15, 0.2) is 23.5 Å². The maximum Gasteiger partial charge on any atom is 0.132 e. The second-order valence-corrected chi connectivity index (χ2v) is 7.66. The molecular weight excluding hydrogens is 272 g/mol. The molecule has 0 aromatic carbocycles. The van der Waals surface area contributed by atoms with Crippen LogP contribution in [0.2, 0.25) is 0 Å². The number of allylic oxidation sites excluding steroid dienone is 2. The van der Waals surface area contributed by atoms with Gasteiger partial charge in [-0.05, 0) is 50.7 Å². The number of hydrogen-bond acceptors (Lipinski definition) is 2. The number of aliphatic hydroxyl groups is 1. The lowest BCUT2D eigenvalue weighted by Gasteiger charge is -2.53. The van der Waals surface area contributed by atoms with Crippen molar-refractivity contribution in [3.63, 3.8) is 0 Å². The van der Waals surface area contributed by atoms with Crippen LogP contribution < -0.4 is 0 Å². The summed E-state index contributed by atoms with van der Waals surface area (Å²) in [6.07, 6.45) is 12.1. The van der Waals surface area contributed by atoms with Gasteiger partial charge in [0.25, 0.3) is 0 Å². The molecule has 2 heteroatoms. The summed E-state index contributed by atoms with van der Waals surface area (Å²) < 4.78 is 6.31. The molecule has 0 saturated heterocycles. The zero-order valence-corrected chi connectivity index (χ0v) is 15.1. The van der Waals surface area contributed by atoms with Crippen LogP contribution in [0, 0.1) is 11.8 Å². The fraction of sp³-hybridized carbons (Fsp3) is 0.800. The molecule has 2 aliphatic rings. The lowest BCUT2D eigenvalue weighted by molar-refractivity contribution is -0.184. The Bertz CT molecular complexity index is 447. The molecule has 1 unspecified atom stereocenters. The van der Waals surface area contributed by atoms with Crippen molar-refractivity contribution in [2.45, 2.75) is 90.8 Å². The molecule has 0 aromatic rings. The minimum absolute atomic E-state index is 0.171. The zero-order valence-electron chi connectivity index (χ0n) is 15.1. The quantitative estimate of drug-likeness (QED) is 0.714. The molecule has 0 spiro atoms. The summed E-state index contributed by atoms with van der Waals surface area (Å²) in [4.78, 5) is 0. The second kappa shape index (κ2) is 6.78. The lowest BCUT2D eigenvalue weighted by atomic mass is 9.64. The minimum Gasteiger partial charge on any atom is -0.485 e. The van der Waals surface area contributed by atoms with Gasteiger partial charge in [0.1, 0.15) is 17.0 Å². The van der Waals surface area contributed by atoms with E-state index in [1.165, 1.54) is 24.8 Å². The third kappa shape index (κ3) is 2.99. The summed E-state index contributed by atoms with van der Waals surface area (Å²) in [7, 11) is 0. The van der Waals surface area contributed by atoms with Gasteiger partial charge in [0.15, 0.2) is 0 Å². The molecular formula is C20H34O2. The van der Waals surface area contributed by atoms with E-state index in [1.807, 2.05) is 13.8 Å². The van der Waals surface area contributed by atoms with Crippen molar-refractivity contribution in [1.82, 2.24) is 0 Å². The monoisotopic (exact) mass is 306 g/mol. The molecule has 126 valence electrons. The van der Waals surface area contributed by atoms with Crippen LogP contribution in [0.25, 0.3) is 0 Å². The highest BCUT2D eigenvalue weighted by molar-refractivity contribution is 5.35. The normalized spacial score (nSPS) is 33.5. The maximum absolute atomic E-state index is 11.5. The van der Waals surface area contributed by atoms with Gasteiger partial charge in [0.2, 0.25) is 0 Å². The van der Waals surface area contributed by atoms with Gasteiger partial charge in [0, 0.05) is 5.92 Å². The van der Waals surface area contributed by atoms with Gasteiger partial charge < -0.3 is 9.84 Å². The first-order valence-electron chi connectivity index (χ1n) is 9.19. The summed E-state index contributed by atoms with van der Waals surface area (Å²) in [5, 5.41) is 11.5. The van der Waals surface area contributed by atoms with E-state index >= 15 is 0 Å². The first-order valence-corrected chi connectivity index (χ1v) is 9.19. The van der Waals surface area contributed by atoms with E-state index in [2.05, 4.69) is 32.9 Å². The average Bonchev–Trinajstić information content (AvgIpc) is 2.48. The van der Waals surface area contributed by atoms with E-state index in [-0.39, 0.29) is 5.92 Å². The molecule has 0 bridgehead atoms. The van der Waals surface area contributed by atoms with Crippen LogP contribution in [-0.2, 0) is 4.74 Å². The minimum atomic E-state index is -0.766. The maximum atomic E-state index is 11.5. The van der Waals surface area contributed by atoms with E-state index < -0.39 is 11.2 Å². The van der Waals surface area contributed by atoms with Crippen molar-refractivity contribution < 1.29 is 9.84 Å². The lowest BCUT2D eigenvalue weighted by Crippen LogP contribution is -2.59. The van der Waals surface area contributed by atoms with Gasteiger partial charge in [-0.2, -0.15) is 0 Å². The third-order valence-electron chi connectivity index (χ3n) is 5.82. The largest absolute Gasteiger partial charge is 0.485 e. The van der Waals surface area contributed by atoms with Crippen molar-refractivity contribution in [3.8, 4) is 0 Å². The molecule has 2 rings (SSSR count). The van der Waals surface area contributed by atoms with Crippen LogP contribution in [-0.4, -0.2) is 16.3 Å². The number of hydrogen-bond donors (Lipinski definition) is 1. The highest BCUT2D eigenvalue weighted by Gasteiger charge is 2.54. The highest BCUT2D eigenvalue weighted by atomic mass is 16.5. The van der Waals surface area contributed by atoms with Crippen molar-refractivity contribution in [2.24, 2.45) is 11.8 Å². The van der Waals surface area contributed by atoms with Crippen molar-refractivity contribution >= 4 is 0 Å². The Kier molecular flexibility index (Phi) is 5.42. The van der Waals surface area contributed by atoms with Gasteiger partial charge in [-0.3, -0.25) is 0 Å². The zero-order chi connectivity index (χ0) is 16.4. The summed E-state index contributed by atoms with van der Waals surface area (Å²) in [5.74, 6) is 1.75. The Hall–Kier alpha value is -0.760. The first-order chi connectivity index (χ1) is 10.4. The molecule has 1 aliphatic carbocycles. The van der Waals surface area contributed by atoms with Crippen molar-refractivity contribution in [3.05, 3.63) is 23.5 Å². The Balaban J connectivity index is 2.35. The molecule has 0 saturated carbocycles. The summed E-state index contributed by atoms with van der Waals surface area (Å²) in [6, 6.07) is 0. The topological polar surface area (TPSA) is 29.5 Å². The third-order valence-corrected chi connectivity index (χ3v) is 5.82. The number of rotatable bonds is 6. The van der Waals surface area contributed by atoms with E-state index in [0.29, 0.717) is 5.92 Å². The highest BCUT2D eigenvalue weighted by Crippen LogP contribution is 2.51. The second-order valence-electron chi connectivity index (χ2n) is 7.66. The van der Waals surface area contributed by atoms with Gasteiger partial charge >= 0.3 is 0 Å². The van der Waals surface area contributed by atoms with Gasteiger partial charge in [-0.1, -0.05) is 52.5 Å². The van der Waals surface area contributed by atoms with Crippen LogP contribution in [0.5, 0.6) is 0 Å². The molecule has 22 heavy (non-hydrogen) atoms. The Morgan fingerprint density at radius 1 is 1.23 bits per heavy atom. The van der Waals surface area contributed by atoms with Crippen LogP contribution in [0.4, 0.5) is 0 Å². The molecule has 0 fully saturated rings. The van der Waals surface area contributed by atoms with Gasteiger partial charge in [0.05, 0.1) is 0 Å². The van der Waals surface area contributed by atoms with Gasteiger partial charge in [-0.25, -0.2) is 0 Å². The Morgan fingerprint density at radius 2 is 1.91 bits per heavy atom. The fourth-order valence-corrected chi connectivity index (χ4v) is 4.25. The summed E-state index contributed by atoms with van der Waals surface area (Å²) in [5.41, 5.74) is 0.0726.